The maximum Gasteiger partial charge on any atom is 0.133 e. The van der Waals surface area contributed by atoms with E-state index in [0.29, 0.717) is 19.6 Å². The lowest BCUT2D eigenvalue weighted by atomic mass is 9.69. The molecule has 2 atom stereocenters. The zero-order valence-corrected chi connectivity index (χ0v) is 18.9. The number of rotatable bonds is 7. The van der Waals surface area contributed by atoms with E-state index >= 15 is 8.78 Å². The number of aromatic hydroxyl groups is 1. The number of benzene rings is 3. The number of phenols is 1. The van der Waals surface area contributed by atoms with Gasteiger partial charge in [-0.1, -0.05) is 36.4 Å². The molecule has 3 aromatic rings. The molecule has 0 amide bonds. The topological polar surface area (TPSA) is 32.7 Å². The van der Waals surface area contributed by atoms with E-state index in [0.717, 1.165) is 29.5 Å². The van der Waals surface area contributed by atoms with Gasteiger partial charge in [-0.25, -0.2) is 8.78 Å². The highest BCUT2D eigenvalue weighted by atomic mass is 19.1. The SMILES string of the molecule is Oc1ccc2c(c1)CC[C@@H](c1ccccc1)[C@H]2c1c(F)cc(OCCN2CC(CF)C2)cc1F. The normalized spacial score (nSPS) is 20.6. The van der Waals surface area contributed by atoms with Crippen LogP contribution >= 0.6 is 0 Å². The van der Waals surface area contributed by atoms with Crippen LogP contribution in [0.1, 0.15) is 40.5 Å². The Hall–Kier alpha value is -2.99. The van der Waals surface area contributed by atoms with Crippen molar-refractivity contribution >= 4 is 0 Å². The fourth-order valence-corrected chi connectivity index (χ4v) is 5.41. The van der Waals surface area contributed by atoms with Gasteiger partial charge in [0.25, 0.3) is 0 Å². The van der Waals surface area contributed by atoms with Crippen LogP contribution in [0.4, 0.5) is 13.2 Å². The molecule has 178 valence electrons. The summed E-state index contributed by atoms with van der Waals surface area (Å²) in [6, 6.07) is 17.4. The van der Waals surface area contributed by atoms with Crippen molar-refractivity contribution in [3.63, 3.8) is 0 Å². The molecule has 0 aromatic heterocycles. The zero-order chi connectivity index (χ0) is 23.7. The average Bonchev–Trinajstić information content (AvgIpc) is 2.80. The molecule has 1 aliphatic heterocycles. The van der Waals surface area contributed by atoms with Crippen LogP contribution in [0.5, 0.6) is 11.5 Å². The largest absolute Gasteiger partial charge is 0.508 e. The summed E-state index contributed by atoms with van der Waals surface area (Å²) in [5, 5.41) is 9.96. The van der Waals surface area contributed by atoms with Crippen LogP contribution in [-0.4, -0.2) is 42.9 Å². The molecular weight excluding hydrogens is 439 g/mol. The second-order valence-electron chi connectivity index (χ2n) is 9.35. The van der Waals surface area contributed by atoms with E-state index in [9.17, 15) is 9.50 Å². The molecule has 0 radical (unpaired) electrons. The number of hydrogen-bond acceptors (Lipinski definition) is 3. The third-order valence-electron chi connectivity index (χ3n) is 7.11. The summed E-state index contributed by atoms with van der Waals surface area (Å²) in [6.07, 6.45) is 1.45. The molecule has 3 nitrogen and oxygen atoms in total. The summed E-state index contributed by atoms with van der Waals surface area (Å²) >= 11 is 0. The van der Waals surface area contributed by atoms with Crippen molar-refractivity contribution in [2.24, 2.45) is 5.92 Å². The van der Waals surface area contributed by atoms with Gasteiger partial charge in [0.15, 0.2) is 0 Å². The first-order chi connectivity index (χ1) is 16.5. The second-order valence-corrected chi connectivity index (χ2v) is 9.35. The summed E-state index contributed by atoms with van der Waals surface area (Å²) < 4.78 is 49.2. The van der Waals surface area contributed by atoms with E-state index in [1.54, 1.807) is 18.2 Å². The fraction of sp³-hybridized carbons (Fsp3) is 0.357. The van der Waals surface area contributed by atoms with E-state index < -0.39 is 17.6 Å². The number of fused-ring (bicyclic) bond motifs is 1. The van der Waals surface area contributed by atoms with Gasteiger partial charge in [0, 0.05) is 49.2 Å². The Morgan fingerprint density at radius 3 is 2.41 bits per heavy atom. The zero-order valence-electron chi connectivity index (χ0n) is 18.9. The third kappa shape index (κ3) is 4.51. The lowest BCUT2D eigenvalue weighted by Crippen LogP contribution is -2.49. The van der Waals surface area contributed by atoms with Crippen LogP contribution in [0.2, 0.25) is 0 Å². The second kappa shape index (κ2) is 9.71. The average molecular weight is 468 g/mol. The predicted molar refractivity (Wildman–Crippen MR) is 125 cm³/mol. The third-order valence-corrected chi connectivity index (χ3v) is 7.11. The fourth-order valence-electron chi connectivity index (χ4n) is 5.41. The van der Waals surface area contributed by atoms with Crippen LogP contribution in [-0.2, 0) is 6.42 Å². The van der Waals surface area contributed by atoms with E-state index in [-0.39, 0.29) is 42.2 Å². The summed E-state index contributed by atoms with van der Waals surface area (Å²) in [5.41, 5.74) is 2.81. The van der Waals surface area contributed by atoms with Crippen molar-refractivity contribution in [2.75, 3.05) is 32.9 Å². The molecule has 1 aliphatic carbocycles. The van der Waals surface area contributed by atoms with Crippen molar-refractivity contribution in [1.82, 2.24) is 4.90 Å². The van der Waals surface area contributed by atoms with Crippen LogP contribution in [0.25, 0.3) is 0 Å². The molecule has 1 N–H and O–H groups in total. The van der Waals surface area contributed by atoms with Gasteiger partial charge in [-0.2, -0.15) is 0 Å². The van der Waals surface area contributed by atoms with Crippen LogP contribution < -0.4 is 4.74 Å². The lowest BCUT2D eigenvalue weighted by Gasteiger charge is -2.37. The van der Waals surface area contributed by atoms with E-state index in [4.69, 9.17) is 4.74 Å². The van der Waals surface area contributed by atoms with Gasteiger partial charge >= 0.3 is 0 Å². The van der Waals surface area contributed by atoms with Crippen molar-refractivity contribution in [3.05, 3.63) is 94.6 Å². The molecule has 0 bridgehead atoms. The van der Waals surface area contributed by atoms with Gasteiger partial charge in [-0.05, 0) is 47.6 Å². The minimum absolute atomic E-state index is 0.0290. The number of aryl methyl sites for hydroxylation is 1. The standard InChI is InChI=1S/C28H28F3NO2/c29-15-18-16-32(17-18)10-11-34-22-13-25(30)28(26(31)14-22)27-23(19-4-2-1-3-5-19)8-6-20-12-21(33)7-9-24(20)27/h1-5,7,9,12-14,18,23,27,33H,6,8,10-11,15-17H2/t23-,27+/m0/s1. The Balaban J connectivity index is 1.43. The van der Waals surface area contributed by atoms with Crippen LogP contribution in [0, 0.1) is 17.6 Å². The Labute approximate surface area is 197 Å². The van der Waals surface area contributed by atoms with Crippen molar-refractivity contribution < 1.29 is 23.0 Å². The number of halogens is 3. The highest BCUT2D eigenvalue weighted by Crippen LogP contribution is 2.48. The van der Waals surface area contributed by atoms with Gasteiger partial charge in [0.1, 0.15) is 29.7 Å². The summed E-state index contributed by atoms with van der Waals surface area (Å²) in [6.45, 7) is 1.95. The first-order valence-electron chi connectivity index (χ1n) is 11.8. The molecule has 34 heavy (non-hydrogen) atoms. The van der Waals surface area contributed by atoms with Gasteiger partial charge in [-0.3, -0.25) is 9.29 Å². The summed E-state index contributed by atoms with van der Waals surface area (Å²) in [5.74, 6) is -1.48. The number of likely N-dealkylation sites (tertiary alicyclic amines) is 1. The van der Waals surface area contributed by atoms with E-state index in [1.807, 2.05) is 30.3 Å². The maximum atomic E-state index is 15.5. The minimum atomic E-state index is -0.636. The van der Waals surface area contributed by atoms with Crippen molar-refractivity contribution in [1.29, 1.82) is 0 Å². The molecule has 1 saturated heterocycles. The Morgan fingerprint density at radius 1 is 0.971 bits per heavy atom. The summed E-state index contributed by atoms with van der Waals surface area (Å²) in [7, 11) is 0. The molecule has 0 saturated carbocycles. The Bertz CT molecular complexity index is 1120. The van der Waals surface area contributed by atoms with E-state index in [1.165, 1.54) is 12.1 Å². The monoisotopic (exact) mass is 467 g/mol. The smallest absolute Gasteiger partial charge is 0.133 e. The molecule has 1 heterocycles. The number of hydrogen-bond donors (Lipinski definition) is 1. The van der Waals surface area contributed by atoms with Gasteiger partial charge in [0.2, 0.25) is 0 Å². The van der Waals surface area contributed by atoms with Crippen molar-refractivity contribution in [2.45, 2.75) is 24.7 Å². The van der Waals surface area contributed by atoms with E-state index in [2.05, 4.69) is 4.90 Å². The van der Waals surface area contributed by atoms with Crippen LogP contribution in [0.3, 0.4) is 0 Å². The van der Waals surface area contributed by atoms with Crippen molar-refractivity contribution in [3.8, 4) is 11.5 Å². The first-order valence-corrected chi connectivity index (χ1v) is 11.8. The van der Waals surface area contributed by atoms with Gasteiger partial charge in [0.05, 0.1) is 6.67 Å². The number of phenolic OH excluding ortho intramolecular Hbond substituents is 1. The number of nitrogens with zero attached hydrogens (tertiary/aromatic N) is 1. The quantitative estimate of drug-likeness (QED) is 0.476. The highest BCUT2D eigenvalue weighted by molar-refractivity contribution is 5.49. The highest BCUT2D eigenvalue weighted by Gasteiger charge is 2.36. The number of alkyl halides is 1. The minimum Gasteiger partial charge on any atom is -0.508 e. The lowest BCUT2D eigenvalue weighted by molar-refractivity contribution is 0.0667. The van der Waals surface area contributed by atoms with Gasteiger partial charge in [-0.15, -0.1) is 0 Å². The van der Waals surface area contributed by atoms with Gasteiger partial charge < -0.3 is 9.84 Å². The molecule has 1 fully saturated rings. The first kappa shape index (κ1) is 22.8. The maximum absolute atomic E-state index is 15.5. The molecule has 3 aromatic carbocycles. The molecule has 0 spiro atoms. The predicted octanol–water partition coefficient (Wildman–Crippen LogP) is 5.81. The molecular formula is C28H28F3NO2. The molecule has 2 aliphatic rings. The Morgan fingerprint density at radius 2 is 1.71 bits per heavy atom. The molecule has 5 rings (SSSR count). The summed E-state index contributed by atoms with van der Waals surface area (Å²) in [4.78, 5) is 2.06. The van der Waals surface area contributed by atoms with Crippen LogP contribution in [0.15, 0.2) is 60.7 Å². The molecule has 6 heteroatoms. The Kier molecular flexibility index (Phi) is 6.50. The molecule has 0 unspecified atom stereocenters. The number of ether oxygens (including phenoxy) is 1.